The first-order valence-electron chi connectivity index (χ1n) is 6.68. The number of ether oxygens (including phenoxy) is 1. The van der Waals surface area contributed by atoms with Gasteiger partial charge in [0.1, 0.15) is 0 Å². The Hall–Kier alpha value is -0.610. The molecule has 1 aliphatic rings. The fourth-order valence-electron chi connectivity index (χ4n) is 2.34. The van der Waals surface area contributed by atoms with Crippen molar-refractivity contribution in [3.63, 3.8) is 0 Å². The Morgan fingerprint density at radius 2 is 2.18 bits per heavy atom. The molecule has 0 spiro atoms. The summed E-state index contributed by atoms with van der Waals surface area (Å²) in [6.07, 6.45) is 4.24. The minimum atomic E-state index is -0.00777. The third-order valence-corrected chi connectivity index (χ3v) is 3.29. The molecule has 0 aromatic rings. The summed E-state index contributed by atoms with van der Waals surface area (Å²) in [4.78, 5) is 13.8. The lowest BCUT2D eigenvalue weighted by atomic mass is 9.86. The van der Waals surface area contributed by atoms with Crippen LogP contribution in [0.25, 0.3) is 0 Å². The molecule has 100 valence electrons. The first-order valence-corrected chi connectivity index (χ1v) is 6.68. The van der Waals surface area contributed by atoms with Gasteiger partial charge in [-0.05, 0) is 40.3 Å². The fraction of sp³-hybridized carbons (Fsp3) is 0.923. The molecule has 1 fully saturated rings. The van der Waals surface area contributed by atoms with E-state index < -0.39 is 0 Å². The van der Waals surface area contributed by atoms with Gasteiger partial charge in [0, 0.05) is 19.1 Å². The van der Waals surface area contributed by atoms with Crippen LogP contribution >= 0.6 is 0 Å². The molecule has 0 heterocycles. The molecule has 0 aromatic carbocycles. The second-order valence-electron chi connectivity index (χ2n) is 5.07. The van der Waals surface area contributed by atoms with E-state index in [0.717, 1.165) is 32.4 Å². The maximum absolute atomic E-state index is 11.7. The average molecular weight is 242 g/mol. The summed E-state index contributed by atoms with van der Waals surface area (Å²) >= 11 is 0. The minimum Gasteiger partial charge on any atom is -0.466 e. The largest absolute Gasteiger partial charge is 0.466 e. The Kier molecular flexibility index (Phi) is 6.52. The minimum absolute atomic E-state index is 0.00777. The molecule has 0 bridgehead atoms. The molecule has 17 heavy (non-hydrogen) atoms. The van der Waals surface area contributed by atoms with Crippen molar-refractivity contribution in [3.8, 4) is 0 Å². The van der Waals surface area contributed by atoms with Crippen LogP contribution < -0.4 is 5.32 Å². The average Bonchev–Trinajstić information content (AvgIpc) is 2.29. The Bertz CT molecular complexity index is 231. The lowest BCUT2D eigenvalue weighted by Crippen LogP contribution is -2.39. The van der Waals surface area contributed by atoms with Gasteiger partial charge in [0.2, 0.25) is 0 Å². The van der Waals surface area contributed by atoms with E-state index in [1.54, 1.807) is 0 Å². The second kappa shape index (κ2) is 7.67. The number of hydrogen-bond acceptors (Lipinski definition) is 4. The zero-order valence-corrected chi connectivity index (χ0v) is 11.4. The van der Waals surface area contributed by atoms with E-state index in [1.807, 2.05) is 6.92 Å². The van der Waals surface area contributed by atoms with Gasteiger partial charge in [-0.3, -0.25) is 4.79 Å². The van der Waals surface area contributed by atoms with Crippen molar-refractivity contribution >= 4 is 5.97 Å². The van der Waals surface area contributed by atoms with Crippen LogP contribution in [-0.4, -0.2) is 50.7 Å². The monoisotopic (exact) mass is 242 g/mol. The van der Waals surface area contributed by atoms with Gasteiger partial charge in [-0.1, -0.05) is 6.42 Å². The van der Waals surface area contributed by atoms with E-state index >= 15 is 0 Å². The lowest BCUT2D eigenvalue weighted by Gasteiger charge is -2.28. The zero-order chi connectivity index (χ0) is 12.7. The Balaban J connectivity index is 2.26. The van der Waals surface area contributed by atoms with Crippen LogP contribution in [0.3, 0.4) is 0 Å². The SMILES string of the molecule is CCOC(=O)C1CCCC(NCCN(C)C)C1. The van der Waals surface area contributed by atoms with E-state index in [9.17, 15) is 4.79 Å². The topological polar surface area (TPSA) is 41.6 Å². The van der Waals surface area contributed by atoms with Gasteiger partial charge in [-0.15, -0.1) is 0 Å². The first-order chi connectivity index (χ1) is 8.13. The van der Waals surface area contributed by atoms with Crippen LogP contribution in [0, 0.1) is 5.92 Å². The molecule has 0 radical (unpaired) electrons. The van der Waals surface area contributed by atoms with Gasteiger partial charge in [0.05, 0.1) is 12.5 Å². The van der Waals surface area contributed by atoms with Crippen molar-refractivity contribution in [2.45, 2.75) is 38.6 Å². The van der Waals surface area contributed by atoms with E-state index in [4.69, 9.17) is 4.74 Å². The summed E-state index contributed by atoms with van der Waals surface area (Å²) in [5, 5.41) is 3.53. The number of nitrogens with one attached hydrogen (secondary N) is 1. The highest BCUT2D eigenvalue weighted by molar-refractivity contribution is 5.72. The normalized spacial score (nSPS) is 24.9. The second-order valence-corrected chi connectivity index (χ2v) is 5.07. The van der Waals surface area contributed by atoms with Crippen molar-refractivity contribution in [1.29, 1.82) is 0 Å². The number of nitrogens with zero attached hydrogens (tertiary/aromatic N) is 1. The highest BCUT2D eigenvalue weighted by Crippen LogP contribution is 2.25. The molecule has 0 saturated heterocycles. The molecule has 1 aliphatic carbocycles. The molecule has 0 aliphatic heterocycles. The summed E-state index contributed by atoms with van der Waals surface area (Å²) in [6, 6.07) is 0.484. The molecule has 1 N–H and O–H groups in total. The Morgan fingerprint density at radius 1 is 1.41 bits per heavy atom. The Morgan fingerprint density at radius 3 is 2.82 bits per heavy atom. The van der Waals surface area contributed by atoms with Crippen molar-refractivity contribution in [3.05, 3.63) is 0 Å². The zero-order valence-electron chi connectivity index (χ0n) is 11.4. The van der Waals surface area contributed by atoms with Crippen molar-refractivity contribution in [2.24, 2.45) is 5.92 Å². The highest BCUT2D eigenvalue weighted by atomic mass is 16.5. The third kappa shape index (κ3) is 5.50. The standard InChI is InChI=1S/C13H26N2O2/c1-4-17-13(16)11-6-5-7-12(10-11)14-8-9-15(2)3/h11-12,14H,4-10H2,1-3H3. The molecule has 4 heteroatoms. The number of rotatable bonds is 6. The number of likely N-dealkylation sites (N-methyl/N-ethyl adjacent to an activating group) is 1. The van der Waals surface area contributed by atoms with E-state index in [0.29, 0.717) is 12.6 Å². The van der Waals surface area contributed by atoms with E-state index in [-0.39, 0.29) is 11.9 Å². The predicted molar refractivity (Wildman–Crippen MR) is 68.9 cm³/mol. The van der Waals surface area contributed by atoms with Gasteiger partial charge >= 0.3 is 5.97 Å². The van der Waals surface area contributed by atoms with Gasteiger partial charge in [0.15, 0.2) is 0 Å². The first kappa shape index (κ1) is 14.5. The summed E-state index contributed by atoms with van der Waals surface area (Å²) < 4.78 is 5.10. The molecule has 0 amide bonds. The summed E-state index contributed by atoms with van der Waals surface area (Å²) in [6.45, 7) is 4.40. The van der Waals surface area contributed by atoms with Gasteiger partial charge < -0.3 is 15.0 Å². The van der Waals surface area contributed by atoms with Crippen molar-refractivity contribution in [1.82, 2.24) is 10.2 Å². The van der Waals surface area contributed by atoms with Crippen LogP contribution in [0.15, 0.2) is 0 Å². The molecule has 0 aromatic heterocycles. The summed E-state index contributed by atoms with van der Waals surface area (Å²) in [5.74, 6) is 0.104. The van der Waals surface area contributed by atoms with E-state index in [2.05, 4.69) is 24.3 Å². The molecule has 1 saturated carbocycles. The Labute approximate surface area is 105 Å². The maximum atomic E-state index is 11.7. The van der Waals surface area contributed by atoms with Gasteiger partial charge in [0.25, 0.3) is 0 Å². The number of esters is 1. The third-order valence-electron chi connectivity index (χ3n) is 3.29. The van der Waals surface area contributed by atoms with Crippen LogP contribution in [0.5, 0.6) is 0 Å². The van der Waals surface area contributed by atoms with Crippen LogP contribution in [-0.2, 0) is 9.53 Å². The molecule has 2 atom stereocenters. The fourth-order valence-corrected chi connectivity index (χ4v) is 2.34. The predicted octanol–water partition coefficient (Wildman–Crippen LogP) is 1.26. The van der Waals surface area contributed by atoms with Crippen molar-refractivity contribution in [2.75, 3.05) is 33.8 Å². The molecule has 4 nitrogen and oxygen atoms in total. The smallest absolute Gasteiger partial charge is 0.308 e. The lowest BCUT2D eigenvalue weighted by molar-refractivity contribution is -0.149. The van der Waals surface area contributed by atoms with Crippen LogP contribution in [0.1, 0.15) is 32.6 Å². The molecule has 1 rings (SSSR count). The van der Waals surface area contributed by atoms with Crippen LogP contribution in [0.4, 0.5) is 0 Å². The maximum Gasteiger partial charge on any atom is 0.308 e. The van der Waals surface area contributed by atoms with E-state index in [1.165, 1.54) is 6.42 Å². The van der Waals surface area contributed by atoms with Crippen LogP contribution in [0.2, 0.25) is 0 Å². The summed E-state index contributed by atoms with van der Waals surface area (Å²) in [7, 11) is 4.15. The quantitative estimate of drug-likeness (QED) is 0.712. The molecular weight excluding hydrogens is 216 g/mol. The molecular formula is C13H26N2O2. The van der Waals surface area contributed by atoms with Gasteiger partial charge in [-0.25, -0.2) is 0 Å². The van der Waals surface area contributed by atoms with Crippen molar-refractivity contribution < 1.29 is 9.53 Å². The number of hydrogen-bond donors (Lipinski definition) is 1. The molecule has 2 unspecified atom stereocenters. The number of carbonyl (C=O) groups is 1. The number of carbonyl (C=O) groups excluding carboxylic acids is 1. The summed E-state index contributed by atoms with van der Waals surface area (Å²) in [5.41, 5.74) is 0. The highest BCUT2D eigenvalue weighted by Gasteiger charge is 2.27. The van der Waals surface area contributed by atoms with Gasteiger partial charge in [-0.2, -0.15) is 0 Å².